The number of rotatable bonds is 5. The summed E-state index contributed by atoms with van der Waals surface area (Å²) < 4.78 is 5.89. The van der Waals surface area contributed by atoms with E-state index in [9.17, 15) is 5.11 Å². The zero-order valence-electron chi connectivity index (χ0n) is 12.0. The van der Waals surface area contributed by atoms with E-state index in [0.717, 1.165) is 5.56 Å². The third-order valence-corrected chi connectivity index (χ3v) is 8.62. The monoisotopic (exact) mass is 264 g/mol. The molecule has 1 rings (SSSR count). The van der Waals surface area contributed by atoms with E-state index in [2.05, 4.69) is 33.4 Å². The topological polar surface area (TPSA) is 29.5 Å². The molecule has 1 aromatic rings. The van der Waals surface area contributed by atoms with Crippen molar-refractivity contribution in [1.29, 1.82) is 0 Å². The van der Waals surface area contributed by atoms with Gasteiger partial charge in [-0.15, -0.1) is 0 Å². The second kappa shape index (κ2) is 6.21. The van der Waals surface area contributed by atoms with Crippen LogP contribution in [0.15, 0.2) is 30.0 Å². The van der Waals surface area contributed by atoms with Crippen LogP contribution >= 0.6 is 0 Å². The van der Waals surface area contributed by atoms with E-state index in [1.165, 1.54) is 0 Å². The van der Waals surface area contributed by atoms with E-state index in [0.29, 0.717) is 16.8 Å². The fourth-order valence-electron chi connectivity index (χ4n) is 2.44. The fourth-order valence-corrected chi connectivity index (χ4v) is 6.06. The average Bonchev–Trinajstić information content (AvgIpc) is 2.31. The van der Waals surface area contributed by atoms with Crippen LogP contribution in [0, 0.1) is 0 Å². The van der Waals surface area contributed by atoms with Crippen molar-refractivity contribution in [3.63, 3.8) is 0 Å². The molecule has 0 unspecified atom stereocenters. The highest BCUT2D eigenvalue weighted by atomic mass is 28.4. The van der Waals surface area contributed by atoms with Crippen LogP contribution in [0.2, 0.25) is 11.1 Å². The number of benzene rings is 1. The normalized spacial score (nSPS) is 12.8. The molecule has 0 bridgehead atoms. The van der Waals surface area contributed by atoms with Gasteiger partial charge in [-0.25, -0.2) is 0 Å². The van der Waals surface area contributed by atoms with Crippen molar-refractivity contribution < 1.29 is 9.53 Å². The van der Waals surface area contributed by atoms with Gasteiger partial charge in [0.1, 0.15) is 5.75 Å². The van der Waals surface area contributed by atoms with Gasteiger partial charge in [0, 0.05) is 12.7 Å². The lowest BCUT2D eigenvalue weighted by Crippen LogP contribution is -2.42. The zero-order chi connectivity index (χ0) is 13.8. The smallest absolute Gasteiger partial charge is 0.221 e. The highest BCUT2D eigenvalue weighted by molar-refractivity contribution is 6.81. The Kier molecular flexibility index (Phi) is 5.17. The maximum atomic E-state index is 9.78. The Morgan fingerprint density at radius 2 is 1.67 bits per heavy atom. The number of phenolic OH excluding ortho intramolecular Hbond substituents is 1. The summed E-state index contributed by atoms with van der Waals surface area (Å²) in [5.41, 5.74) is 4.07. The molecule has 0 aliphatic carbocycles. The predicted octanol–water partition coefficient (Wildman–Crippen LogP) is 4.36. The van der Waals surface area contributed by atoms with Crippen molar-refractivity contribution in [3.8, 4) is 5.75 Å². The Bertz CT molecular complexity index is 403. The third kappa shape index (κ3) is 3.03. The van der Waals surface area contributed by atoms with Crippen LogP contribution < -0.4 is 0 Å². The summed E-state index contributed by atoms with van der Waals surface area (Å²) in [6.07, 6.45) is 2.01. The molecule has 100 valence electrons. The number of hydrogen-bond acceptors (Lipinski definition) is 2. The first-order valence-corrected chi connectivity index (χ1v) is 8.60. The Morgan fingerprint density at radius 3 is 2.11 bits per heavy atom. The van der Waals surface area contributed by atoms with Crippen molar-refractivity contribution >= 4 is 14.4 Å². The quantitative estimate of drug-likeness (QED) is 0.801. The van der Waals surface area contributed by atoms with Gasteiger partial charge in [0.25, 0.3) is 0 Å². The summed E-state index contributed by atoms with van der Waals surface area (Å²) in [4.78, 5) is 0. The van der Waals surface area contributed by atoms with Crippen molar-refractivity contribution in [1.82, 2.24) is 0 Å². The molecule has 0 atom stereocenters. The van der Waals surface area contributed by atoms with Crippen LogP contribution in [-0.4, -0.2) is 20.5 Å². The van der Waals surface area contributed by atoms with E-state index in [1.54, 1.807) is 13.2 Å². The molecular weight excluding hydrogens is 240 g/mol. The molecule has 2 nitrogen and oxygen atoms in total. The van der Waals surface area contributed by atoms with Gasteiger partial charge in [-0.2, -0.15) is 0 Å². The summed E-state index contributed by atoms with van der Waals surface area (Å²) in [6, 6.07) is 7.39. The Hall–Kier alpha value is -1.06. The van der Waals surface area contributed by atoms with E-state index >= 15 is 0 Å². The SMILES string of the molecule is CO[Si](/C=C/c1ccccc1O)(C(C)C)C(C)C. The Morgan fingerprint density at radius 1 is 1.11 bits per heavy atom. The minimum Gasteiger partial charge on any atom is -0.507 e. The van der Waals surface area contributed by atoms with E-state index in [4.69, 9.17) is 4.43 Å². The molecule has 3 heteroatoms. The molecule has 1 aromatic carbocycles. The van der Waals surface area contributed by atoms with Crippen molar-refractivity contribution in [3.05, 3.63) is 35.5 Å². The molecule has 0 spiro atoms. The number of aromatic hydroxyl groups is 1. The molecule has 0 fully saturated rings. The second-order valence-electron chi connectivity index (χ2n) is 5.26. The summed E-state index contributed by atoms with van der Waals surface area (Å²) in [7, 11) is -0.115. The lowest BCUT2D eigenvalue weighted by molar-refractivity contribution is 0.384. The van der Waals surface area contributed by atoms with Crippen LogP contribution in [0.1, 0.15) is 33.3 Å². The minimum absolute atomic E-state index is 0.320. The van der Waals surface area contributed by atoms with E-state index in [1.807, 2.05) is 24.3 Å². The van der Waals surface area contributed by atoms with Crippen molar-refractivity contribution in [2.24, 2.45) is 0 Å². The minimum atomic E-state index is -1.92. The van der Waals surface area contributed by atoms with Gasteiger partial charge in [-0.1, -0.05) is 57.7 Å². The van der Waals surface area contributed by atoms with Gasteiger partial charge >= 0.3 is 0 Å². The van der Waals surface area contributed by atoms with Crippen LogP contribution in [0.3, 0.4) is 0 Å². The standard InChI is InChI=1S/C15H24O2Si/c1-12(2)18(17-5,13(3)4)11-10-14-8-6-7-9-15(14)16/h6-13,16H,1-5H3/b11-10+. The van der Waals surface area contributed by atoms with Crippen LogP contribution in [-0.2, 0) is 4.43 Å². The Labute approximate surface area is 111 Å². The highest BCUT2D eigenvalue weighted by Gasteiger charge is 2.38. The van der Waals surface area contributed by atoms with Gasteiger partial charge in [0.15, 0.2) is 0 Å². The van der Waals surface area contributed by atoms with Gasteiger partial charge in [-0.05, 0) is 17.1 Å². The Balaban J connectivity index is 3.08. The molecule has 0 aliphatic heterocycles. The largest absolute Gasteiger partial charge is 0.507 e. The van der Waals surface area contributed by atoms with Gasteiger partial charge in [-0.3, -0.25) is 0 Å². The summed E-state index contributed by atoms with van der Waals surface area (Å²) in [6.45, 7) is 8.85. The zero-order valence-corrected chi connectivity index (χ0v) is 13.0. The molecule has 0 heterocycles. The van der Waals surface area contributed by atoms with Gasteiger partial charge in [0.2, 0.25) is 8.32 Å². The third-order valence-electron chi connectivity index (χ3n) is 3.62. The molecule has 0 aliphatic rings. The summed E-state index contributed by atoms with van der Waals surface area (Å²) in [5.74, 6) is 0.320. The summed E-state index contributed by atoms with van der Waals surface area (Å²) >= 11 is 0. The maximum absolute atomic E-state index is 9.78. The maximum Gasteiger partial charge on any atom is 0.221 e. The first-order valence-electron chi connectivity index (χ1n) is 6.46. The second-order valence-corrected chi connectivity index (χ2v) is 10.0. The van der Waals surface area contributed by atoms with Crippen LogP contribution in [0.5, 0.6) is 5.75 Å². The first kappa shape index (κ1) is 15.0. The number of para-hydroxylation sites is 1. The van der Waals surface area contributed by atoms with Gasteiger partial charge in [0.05, 0.1) is 0 Å². The predicted molar refractivity (Wildman–Crippen MR) is 80.1 cm³/mol. The average molecular weight is 264 g/mol. The van der Waals surface area contributed by atoms with Gasteiger partial charge < -0.3 is 9.53 Å². The molecule has 0 amide bonds. The molecule has 0 saturated heterocycles. The molecule has 0 radical (unpaired) electrons. The number of phenols is 1. The van der Waals surface area contributed by atoms with Crippen LogP contribution in [0.25, 0.3) is 6.08 Å². The number of hydrogen-bond donors (Lipinski definition) is 1. The molecular formula is C15H24O2Si. The van der Waals surface area contributed by atoms with E-state index in [-0.39, 0.29) is 0 Å². The lowest BCUT2D eigenvalue weighted by atomic mass is 10.2. The first-order chi connectivity index (χ1) is 8.44. The molecule has 0 aromatic heterocycles. The summed E-state index contributed by atoms with van der Waals surface area (Å²) in [5, 5.41) is 9.78. The van der Waals surface area contributed by atoms with Crippen molar-refractivity contribution in [2.45, 2.75) is 38.8 Å². The molecule has 1 N–H and O–H groups in total. The lowest BCUT2D eigenvalue weighted by Gasteiger charge is -2.34. The van der Waals surface area contributed by atoms with E-state index < -0.39 is 8.32 Å². The molecule has 18 heavy (non-hydrogen) atoms. The highest BCUT2D eigenvalue weighted by Crippen LogP contribution is 2.35. The van der Waals surface area contributed by atoms with Crippen LogP contribution in [0.4, 0.5) is 0 Å². The molecule has 0 saturated carbocycles. The fraction of sp³-hybridized carbons (Fsp3) is 0.467. The van der Waals surface area contributed by atoms with Crippen molar-refractivity contribution in [2.75, 3.05) is 7.11 Å².